The first-order chi connectivity index (χ1) is 9.54. The SMILES string of the molecule is CNC(Cc1c(C)cccc1C)c1cccc(C)c1F. The Morgan fingerprint density at radius 1 is 0.950 bits per heavy atom. The highest BCUT2D eigenvalue weighted by atomic mass is 19.1. The van der Waals surface area contributed by atoms with Gasteiger partial charge in [-0.2, -0.15) is 0 Å². The van der Waals surface area contributed by atoms with E-state index >= 15 is 0 Å². The van der Waals surface area contributed by atoms with Crippen molar-refractivity contribution in [3.05, 3.63) is 70.0 Å². The van der Waals surface area contributed by atoms with Crippen LogP contribution in [0.1, 0.15) is 33.9 Å². The molecule has 20 heavy (non-hydrogen) atoms. The minimum absolute atomic E-state index is 0.00491. The Balaban J connectivity index is 2.37. The molecule has 1 N–H and O–H groups in total. The van der Waals surface area contributed by atoms with Gasteiger partial charge in [-0.05, 0) is 56.5 Å². The highest BCUT2D eigenvalue weighted by Crippen LogP contribution is 2.25. The summed E-state index contributed by atoms with van der Waals surface area (Å²) in [7, 11) is 1.89. The van der Waals surface area contributed by atoms with E-state index in [1.54, 1.807) is 0 Å². The largest absolute Gasteiger partial charge is 0.313 e. The second-order valence-electron chi connectivity index (χ2n) is 5.39. The van der Waals surface area contributed by atoms with Crippen LogP contribution in [0.25, 0.3) is 0 Å². The molecule has 1 unspecified atom stereocenters. The molecule has 2 rings (SSSR count). The number of rotatable bonds is 4. The molecule has 0 aromatic heterocycles. The van der Waals surface area contributed by atoms with Crippen molar-refractivity contribution in [2.45, 2.75) is 33.2 Å². The van der Waals surface area contributed by atoms with Gasteiger partial charge in [0.15, 0.2) is 0 Å². The number of halogens is 1. The van der Waals surface area contributed by atoms with Gasteiger partial charge in [0.05, 0.1) is 0 Å². The summed E-state index contributed by atoms with van der Waals surface area (Å²) in [6.07, 6.45) is 0.801. The summed E-state index contributed by atoms with van der Waals surface area (Å²) in [5.74, 6) is -0.0990. The first kappa shape index (κ1) is 14.7. The van der Waals surface area contributed by atoms with E-state index in [9.17, 15) is 4.39 Å². The van der Waals surface area contributed by atoms with Crippen LogP contribution in [0.3, 0.4) is 0 Å². The Kier molecular flexibility index (Phi) is 4.56. The van der Waals surface area contributed by atoms with Crippen molar-refractivity contribution in [2.24, 2.45) is 0 Å². The Hall–Kier alpha value is -1.67. The van der Waals surface area contributed by atoms with Crippen molar-refractivity contribution in [2.75, 3.05) is 7.05 Å². The normalized spacial score (nSPS) is 12.4. The molecular formula is C18H22FN. The van der Waals surface area contributed by atoms with E-state index < -0.39 is 0 Å². The molecule has 0 amide bonds. The number of aryl methyl sites for hydroxylation is 3. The van der Waals surface area contributed by atoms with E-state index in [1.807, 2.05) is 32.2 Å². The van der Waals surface area contributed by atoms with Crippen LogP contribution < -0.4 is 5.32 Å². The van der Waals surface area contributed by atoms with Crippen LogP contribution in [0.2, 0.25) is 0 Å². The Morgan fingerprint density at radius 3 is 2.10 bits per heavy atom. The summed E-state index contributed by atoms with van der Waals surface area (Å²) in [6, 6.07) is 11.9. The van der Waals surface area contributed by atoms with Crippen molar-refractivity contribution in [3.8, 4) is 0 Å². The first-order valence-electron chi connectivity index (χ1n) is 7.02. The molecule has 106 valence electrons. The molecule has 1 nitrogen and oxygen atoms in total. The molecule has 0 heterocycles. The monoisotopic (exact) mass is 271 g/mol. The summed E-state index contributed by atoms with van der Waals surface area (Å²) in [6.45, 7) is 6.04. The van der Waals surface area contributed by atoms with Crippen molar-refractivity contribution in [1.82, 2.24) is 5.32 Å². The fourth-order valence-corrected chi connectivity index (χ4v) is 2.68. The van der Waals surface area contributed by atoms with Gasteiger partial charge < -0.3 is 5.32 Å². The van der Waals surface area contributed by atoms with Gasteiger partial charge in [-0.3, -0.25) is 0 Å². The number of hydrogen-bond donors (Lipinski definition) is 1. The van der Waals surface area contributed by atoms with Crippen LogP contribution in [-0.4, -0.2) is 7.05 Å². The van der Waals surface area contributed by atoms with Gasteiger partial charge in [-0.1, -0.05) is 36.4 Å². The highest BCUT2D eigenvalue weighted by molar-refractivity contribution is 5.36. The first-order valence-corrected chi connectivity index (χ1v) is 7.02. The summed E-state index contributed by atoms with van der Waals surface area (Å²) in [5.41, 5.74) is 5.27. The standard InChI is InChI=1S/C18H22FN/c1-12-7-5-8-13(2)16(12)11-17(20-4)15-10-6-9-14(3)18(15)19/h5-10,17,20H,11H2,1-4H3. The fourth-order valence-electron chi connectivity index (χ4n) is 2.68. The summed E-state index contributed by atoms with van der Waals surface area (Å²) in [5, 5.41) is 3.25. The number of likely N-dealkylation sites (N-methyl/N-ethyl adjacent to an activating group) is 1. The van der Waals surface area contributed by atoms with Gasteiger partial charge in [-0.15, -0.1) is 0 Å². The second-order valence-corrected chi connectivity index (χ2v) is 5.39. The predicted molar refractivity (Wildman–Crippen MR) is 82.6 cm³/mol. The van der Waals surface area contributed by atoms with Gasteiger partial charge in [0.1, 0.15) is 5.82 Å². The average molecular weight is 271 g/mol. The Labute approximate surface area is 120 Å². The molecule has 0 aliphatic rings. The van der Waals surface area contributed by atoms with Crippen LogP contribution in [0, 0.1) is 26.6 Å². The minimum Gasteiger partial charge on any atom is -0.313 e. The van der Waals surface area contributed by atoms with Crippen molar-refractivity contribution in [3.63, 3.8) is 0 Å². The van der Waals surface area contributed by atoms with Crippen LogP contribution in [-0.2, 0) is 6.42 Å². The van der Waals surface area contributed by atoms with E-state index in [0.717, 1.165) is 12.0 Å². The molecule has 0 aliphatic heterocycles. The van der Waals surface area contributed by atoms with Gasteiger partial charge in [0, 0.05) is 11.6 Å². The highest BCUT2D eigenvalue weighted by Gasteiger charge is 2.17. The minimum atomic E-state index is -0.0990. The Bertz CT molecular complexity index is 584. The fraction of sp³-hybridized carbons (Fsp3) is 0.333. The molecule has 2 aromatic rings. The molecule has 0 saturated carbocycles. The quantitative estimate of drug-likeness (QED) is 0.876. The number of benzene rings is 2. The topological polar surface area (TPSA) is 12.0 Å². The predicted octanol–water partition coefficient (Wildman–Crippen LogP) is 4.25. The Morgan fingerprint density at radius 2 is 1.50 bits per heavy atom. The lowest BCUT2D eigenvalue weighted by molar-refractivity contribution is 0.528. The van der Waals surface area contributed by atoms with Crippen LogP contribution >= 0.6 is 0 Å². The smallest absolute Gasteiger partial charge is 0.130 e. The number of nitrogens with one attached hydrogen (secondary N) is 1. The van der Waals surface area contributed by atoms with Crippen molar-refractivity contribution in [1.29, 1.82) is 0 Å². The summed E-state index contributed by atoms with van der Waals surface area (Å²) < 4.78 is 14.3. The molecule has 0 spiro atoms. The van der Waals surface area contributed by atoms with E-state index in [1.165, 1.54) is 16.7 Å². The lowest BCUT2D eigenvalue weighted by Gasteiger charge is -2.20. The van der Waals surface area contributed by atoms with E-state index in [-0.39, 0.29) is 11.9 Å². The molecule has 0 radical (unpaired) electrons. The lowest BCUT2D eigenvalue weighted by atomic mass is 9.92. The third-order valence-corrected chi connectivity index (χ3v) is 4.00. The molecule has 0 fully saturated rings. The summed E-state index contributed by atoms with van der Waals surface area (Å²) in [4.78, 5) is 0. The maximum absolute atomic E-state index is 14.3. The van der Waals surface area contributed by atoms with E-state index in [2.05, 4.69) is 37.4 Å². The molecule has 2 heteroatoms. The van der Waals surface area contributed by atoms with Gasteiger partial charge >= 0.3 is 0 Å². The third kappa shape index (κ3) is 2.91. The number of hydrogen-bond acceptors (Lipinski definition) is 1. The zero-order valence-corrected chi connectivity index (χ0v) is 12.6. The van der Waals surface area contributed by atoms with Crippen molar-refractivity contribution < 1.29 is 4.39 Å². The maximum Gasteiger partial charge on any atom is 0.130 e. The van der Waals surface area contributed by atoms with E-state index in [0.29, 0.717) is 5.56 Å². The molecule has 1 atom stereocenters. The van der Waals surface area contributed by atoms with Gasteiger partial charge in [0.2, 0.25) is 0 Å². The van der Waals surface area contributed by atoms with Gasteiger partial charge in [0.25, 0.3) is 0 Å². The molecule has 0 bridgehead atoms. The lowest BCUT2D eigenvalue weighted by Crippen LogP contribution is -2.21. The maximum atomic E-state index is 14.3. The summed E-state index contributed by atoms with van der Waals surface area (Å²) >= 11 is 0. The van der Waals surface area contributed by atoms with E-state index in [4.69, 9.17) is 0 Å². The zero-order chi connectivity index (χ0) is 14.7. The molecular weight excluding hydrogens is 249 g/mol. The molecule has 0 aliphatic carbocycles. The van der Waals surface area contributed by atoms with Gasteiger partial charge in [-0.25, -0.2) is 4.39 Å². The zero-order valence-electron chi connectivity index (χ0n) is 12.6. The van der Waals surface area contributed by atoms with Crippen LogP contribution in [0.5, 0.6) is 0 Å². The van der Waals surface area contributed by atoms with Crippen molar-refractivity contribution >= 4 is 0 Å². The average Bonchev–Trinajstić information content (AvgIpc) is 2.42. The molecule has 2 aromatic carbocycles. The van der Waals surface area contributed by atoms with Crippen LogP contribution in [0.4, 0.5) is 4.39 Å². The second kappa shape index (κ2) is 6.19. The van der Waals surface area contributed by atoms with Crippen LogP contribution in [0.15, 0.2) is 36.4 Å². The molecule has 0 saturated heterocycles. The third-order valence-electron chi connectivity index (χ3n) is 4.00.